The van der Waals surface area contributed by atoms with Crippen molar-refractivity contribution >= 4 is 27.5 Å². The van der Waals surface area contributed by atoms with E-state index < -0.39 is 15.9 Å². The summed E-state index contributed by atoms with van der Waals surface area (Å²) >= 11 is 6.22. The Bertz CT molecular complexity index is 1050. The lowest BCUT2D eigenvalue weighted by molar-refractivity contribution is 0.0925. The van der Waals surface area contributed by atoms with Gasteiger partial charge in [0.1, 0.15) is 13.2 Å². The molecule has 2 aromatic carbocycles. The van der Waals surface area contributed by atoms with Crippen molar-refractivity contribution in [2.45, 2.75) is 24.8 Å². The molecule has 0 bridgehead atoms. The van der Waals surface area contributed by atoms with Gasteiger partial charge in [-0.25, -0.2) is 12.7 Å². The van der Waals surface area contributed by atoms with Gasteiger partial charge < -0.3 is 14.8 Å². The minimum absolute atomic E-state index is 0.00229. The van der Waals surface area contributed by atoms with Crippen molar-refractivity contribution in [3.63, 3.8) is 0 Å². The van der Waals surface area contributed by atoms with Crippen molar-refractivity contribution in [1.82, 2.24) is 9.62 Å². The highest BCUT2D eigenvalue weighted by atomic mass is 35.5. The number of amides is 1. The Kier molecular flexibility index (Phi) is 6.59. The number of nitrogens with zero attached hydrogens (tertiary/aromatic N) is 1. The number of halogens is 1. The number of carbonyl (C=O) groups excluding carboxylic acids is 1. The van der Waals surface area contributed by atoms with Crippen LogP contribution in [0.15, 0.2) is 41.3 Å². The van der Waals surface area contributed by atoms with E-state index in [1.165, 1.54) is 32.3 Å². The standard InChI is InChI=1S/C21H25ClN2O5S/c1-13(2)20(14-5-8-18-19(11-14)29-10-9-28-18)23-21(25)16-12-15(6-7-17(16)22)30(26,27)24(3)4/h5-8,11-13,20H,9-10H2,1-4H3,(H,23,25). The van der Waals surface area contributed by atoms with Crippen LogP contribution in [-0.4, -0.2) is 45.9 Å². The number of ether oxygens (including phenoxy) is 2. The first-order chi connectivity index (χ1) is 14.1. The molecule has 0 fully saturated rings. The molecule has 3 rings (SSSR count). The van der Waals surface area contributed by atoms with Crippen LogP contribution in [0.2, 0.25) is 5.02 Å². The molecule has 7 nitrogen and oxygen atoms in total. The summed E-state index contributed by atoms with van der Waals surface area (Å²) in [6.07, 6.45) is 0. The van der Waals surface area contributed by atoms with Crippen LogP contribution in [0.5, 0.6) is 11.5 Å². The molecule has 0 spiro atoms. The van der Waals surface area contributed by atoms with Gasteiger partial charge in [-0.3, -0.25) is 4.79 Å². The predicted molar refractivity (Wildman–Crippen MR) is 115 cm³/mol. The first kappa shape index (κ1) is 22.4. The van der Waals surface area contributed by atoms with E-state index in [1.807, 2.05) is 32.0 Å². The SMILES string of the molecule is CC(C)C(NC(=O)c1cc(S(=O)(=O)N(C)C)ccc1Cl)c1ccc2c(c1)OCCO2. The Hall–Kier alpha value is -2.29. The second-order valence-corrected chi connectivity index (χ2v) is 10.1. The van der Waals surface area contributed by atoms with Gasteiger partial charge in [-0.2, -0.15) is 0 Å². The number of fused-ring (bicyclic) bond motifs is 1. The quantitative estimate of drug-likeness (QED) is 0.725. The summed E-state index contributed by atoms with van der Waals surface area (Å²) < 4.78 is 37.2. The first-order valence-corrected chi connectivity index (χ1v) is 11.4. The number of hydrogen-bond acceptors (Lipinski definition) is 5. The summed E-state index contributed by atoms with van der Waals surface area (Å²) in [7, 11) is -0.831. The van der Waals surface area contributed by atoms with Crippen LogP contribution in [-0.2, 0) is 10.0 Å². The first-order valence-electron chi connectivity index (χ1n) is 9.53. The molecule has 1 heterocycles. The van der Waals surface area contributed by atoms with Gasteiger partial charge in [0.2, 0.25) is 10.0 Å². The fraction of sp³-hybridized carbons (Fsp3) is 0.381. The third kappa shape index (κ3) is 4.55. The van der Waals surface area contributed by atoms with Crippen LogP contribution in [0.25, 0.3) is 0 Å². The molecular formula is C21H25ClN2O5S. The third-order valence-electron chi connectivity index (χ3n) is 4.84. The molecule has 1 N–H and O–H groups in total. The molecule has 0 saturated carbocycles. The van der Waals surface area contributed by atoms with Gasteiger partial charge in [0.25, 0.3) is 5.91 Å². The van der Waals surface area contributed by atoms with Gasteiger partial charge >= 0.3 is 0 Å². The van der Waals surface area contributed by atoms with Gasteiger partial charge in [-0.1, -0.05) is 31.5 Å². The van der Waals surface area contributed by atoms with E-state index in [-0.39, 0.29) is 27.4 Å². The molecule has 9 heteroatoms. The number of hydrogen-bond donors (Lipinski definition) is 1. The summed E-state index contributed by atoms with van der Waals surface area (Å²) in [6.45, 7) is 4.94. The maximum atomic E-state index is 13.0. The molecule has 0 aliphatic carbocycles. The summed E-state index contributed by atoms with van der Waals surface area (Å²) in [5.74, 6) is 0.910. The van der Waals surface area contributed by atoms with Crippen LogP contribution < -0.4 is 14.8 Å². The zero-order valence-corrected chi connectivity index (χ0v) is 18.9. The van der Waals surface area contributed by atoms with Crippen LogP contribution in [0, 0.1) is 5.92 Å². The Morgan fingerprint density at radius 1 is 1.07 bits per heavy atom. The van der Waals surface area contributed by atoms with Crippen LogP contribution in [0.4, 0.5) is 0 Å². The summed E-state index contributed by atoms with van der Waals surface area (Å²) in [5, 5.41) is 3.15. The average molecular weight is 453 g/mol. The lowest BCUT2D eigenvalue weighted by Crippen LogP contribution is -2.32. The molecule has 2 aromatic rings. The van der Waals surface area contributed by atoms with E-state index >= 15 is 0 Å². The van der Waals surface area contributed by atoms with E-state index in [9.17, 15) is 13.2 Å². The monoisotopic (exact) mass is 452 g/mol. The minimum atomic E-state index is -3.69. The number of nitrogens with one attached hydrogen (secondary N) is 1. The molecule has 1 amide bonds. The third-order valence-corrected chi connectivity index (χ3v) is 6.98. The molecule has 1 aliphatic rings. The smallest absolute Gasteiger partial charge is 0.253 e. The van der Waals surface area contributed by atoms with E-state index in [4.69, 9.17) is 21.1 Å². The second-order valence-electron chi connectivity index (χ2n) is 7.53. The van der Waals surface area contributed by atoms with Crippen LogP contribution in [0.1, 0.15) is 35.8 Å². The van der Waals surface area contributed by atoms with Gasteiger partial charge in [0.05, 0.1) is 21.5 Å². The average Bonchev–Trinajstić information content (AvgIpc) is 2.71. The van der Waals surface area contributed by atoms with Crippen molar-refractivity contribution in [1.29, 1.82) is 0 Å². The number of sulfonamides is 1. The molecule has 30 heavy (non-hydrogen) atoms. The topological polar surface area (TPSA) is 84.9 Å². The highest BCUT2D eigenvalue weighted by Gasteiger charge is 2.25. The van der Waals surface area contributed by atoms with Crippen molar-refractivity contribution < 1.29 is 22.7 Å². The Morgan fingerprint density at radius 3 is 2.37 bits per heavy atom. The van der Waals surface area contributed by atoms with Gasteiger partial charge in [0, 0.05) is 14.1 Å². The number of carbonyl (C=O) groups is 1. The maximum absolute atomic E-state index is 13.0. The molecule has 1 unspecified atom stereocenters. The lowest BCUT2D eigenvalue weighted by Gasteiger charge is -2.25. The molecule has 0 aromatic heterocycles. The van der Waals surface area contributed by atoms with Crippen molar-refractivity contribution in [2.75, 3.05) is 27.3 Å². The van der Waals surface area contributed by atoms with Gasteiger partial charge in [0.15, 0.2) is 11.5 Å². The highest BCUT2D eigenvalue weighted by Crippen LogP contribution is 2.34. The molecule has 0 saturated heterocycles. The predicted octanol–water partition coefficient (Wildman–Crippen LogP) is 3.49. The van der Waals surface area contributed by atoms with E-state index in [1.54, 1.807) is 0 Å². The lowest BCUT2D eigenvalue weighted by atomic mass is 9.95. The van der Waals surface area contributed by atoms with Crippen LogP contribution >= 0.6 is 11.6 Å². The maximum Gasteiger partial charge on any atom is 0.253 e. The second kappa shape index (κ2) is 8.83. The molecule has 1 atom stereocenters. The number of rotatable bonds is 6. The Balaban J connectivity index is 1.91. The van der Waals surface area contributed by atoms with Crippen LogP contribution in [0.3, 0.4) is 0 Å². The fourth-order valence-corrected chi connectivity index (χ4v) is 4.29. The van der Waals surface area contributed by atoms with Gasteiger partial charge in [-0.05, 0) is 41.8 Å². The molecular weight excluding hydrogens is 428 g/mol. The zero-order chi connectivity index (χ0) is 22.1. The normalized spacial score (nSPS) is 14.6. The summed E-state index contributed by atoms with van der Waals surface area (Å²) in [4.78, 5) is 13.0. The van der Waals surface area contributed by atoms with Crippen molar-refractivity contribution in [3.05, 3.63) is 52.5 Å². The van der Waals surface area contributed by atoms with Crippen molar-refractivity contribution in [3.8, 4) is 11.5 Å². The largest absolute Gasteiger partial charge is 0.486 e. The van der Waals surface area contributed by atoms with E-state index in [0.29, 0.717) is 24.7 Å². The summed E-state index contributed by atoms with van der Waals surface area (Å²) in [6, 6.07) is 9.33. The highest BCUT2D eigenvalue weighted by molar-refractivity contribution is 7.89. The number of benzene rings is 2. The minimum Gasteiger partial charge on any atom is -0.486 e. The van der Waals surface area contributed by atoms with Crippen molar-refractivity contribution in [2.24, 2.45) is 5.92 Å². The van der Waals surface area contributed by atoms with Gasteiger partial charge in [-0.15, -0.1) is 0 Å². The van der Waals surface area contributed by atoms with E-state index in [0.717, 1.165) is 9.87 Å². The zero-order valence-electron chi connectivity index (χ0n) is 17.3. The summed E-state index contributed by atoms with van der Waals surface area (Å²) in [5.41, 5.74) is 0.957. The molecule has 0 radical (unpaired) electrons. The fourth-order valence-electron chi connectivity index (χ4n) is 3.16. The molecule has 162 valence electrons. The molecule has 1 aliphatic heterocycles. The van der Waals surface area contributed by atoms with E-state index in [2.05, 4.69) is 5.32 Å². The Labute approximate surface area is 182 Å². The Morgan fingerprint density at radius 2 is 1.73 bits per heavy atom.